The smallest absolute Gasteiger partial charge is 0.282 e. The van der Waals surface area contributed by atoms with Crippen LogP contribution in [0.4, 0.5) is 8.78 Å². The largest absolute Gasteiger partial charge is 0.494 e. The highest BCUT2D eigenvalue weighted by molar-refractivity contribution is 5.75. The molecule has 0 bridgehead atoms. The molecule has 0 fully saturated rings. The van der Waals surface area contributed by atoms with Crippen molar-refractivity contribution in [2.75, 3.05) is 7.11 Å². The molecule has 0 spiro atoms. The predicted molar refractivity (Wildman–Crippen MR) is 64.4 cm³/mol. The number of allylic oxidation sites excluding steroid dienone is 6. The minimum atomic E-state index is -2.65. The van der Waals surface area contributed by atoms with Crippen LogP contribution in [-0.2, 0) is 0 Å². The molecule has 0 radical (unpaired) electrons. The van der Waals surface area contributed by atoms with Crippen LogP contribution in [0.1, 0.15) is 24.2 Å². The van der Waals surface area contributed by atoms with Crippen LogP contribution >= 0.6 is 0 Å². The van der Waals surface area contributed by atoms with Gasteiger partial charge in [-0.1, -0.05) is 30.4 Å². The number of alkyl halides is 2. The summed E-state index contributed by atoms with van der Waals surface area (Å²) in [5.41, 5.74) is 0.902. The van der Waals surface area contributed by atoms with Gasteiger partial charge in [0.25, 0.3) is 6.43 Å². The average molecular weight is 250 g/mol. The number of halogens is 2. The van der Waals surface area contributed by atoms with Crippen LogP contribution in [0.2, 0.25) is 0 Å². The van der Waals surface area contributed by atoms with Crippen molar-refractivity contribution in [1.82, 2.24) is 10.2 Å². The summed E-state index contributed by atoms with van der Waals surface area (Å²) < 4.78 is 30.2. The molecule has 0 saturated carbocycles. The van der Waals surface area contributed by atoms with Crippen LogP contribution in [0.25, 0.3) is 5.57 Å². The highest BCUT2D eigenvalue weighted by Gasteiger charge is 2.16. The molecule has 5 heteroatoms. The van der Waals surface area contributed by atoms with Crippen LogP contribution in [0.15, 0.2) is 36.4 Å². The molecular formula is C13H12F2N2O. The molecule has 0 amide bonds. The van der Waals surface area contributed by atoms with Crippen molar-refractivity contribution < 1.29 is 13.5 Å². The average Bonchev–Trinajstić information content (AvgIpc) is 2.66. The zero-order valence-corrected chi connectivity index (χ0v) is 9.81. The molecule has 2 rings (SSSR count). The van der Waals surface area contributed by atoms with Gasteiger partial charge in [-0.3, -0.25) is 0 Å². The van der Waals surface area contributed by atoms with Crippen molar-refractivity contribution in [3.05, 3.63) is 47.8 Å². The highest BCUT2D eigenvalue weighted by atomic mass is 19.3. The van der Waals surface area contributed by atoms with E-state index in [2.05, 4.69) is 10.2 Å². The first-order valence-electron chi connectivity index (χ1n) is 5.46. The van der Waals surface area contributed by atoms with E-state index in [0.29, 0.717) is 11.4 Å². The van der Waals surface area contributed by atoms with Crippen LogP contribution < -0.4 is 4.74 Å². The normalized spacial score (nSPS) is 14.6. The Morgan fingerprint density at radius 2 is 2.11 bits per heavy atom. The van der Waals surface area contributed by atoms with Crippen molar-refractivity contribution in [1.29, 1.82) is 0 Å². The lowest BCUT2D eigenvalue weighted by atomic mass is 10.1. The second-order valence-electron chi connectivity index (χ2n) is 3.67. The van der Waals surface area contributed by atoms with E-state index in [1.54, 1.807) is 0 Å². The lowest BCUT2D eigenvalue weighted by Crippen LogP contribution is -2.01. The third-order valence-corrected chi connectivity index (χ3v) is 2.49. The van der Waals surface area contributed by atoms with Crippen LogP contribution in [0.3, 0.4) is 0 Å². The standard InChI is InChI=1S/C13H12F2N2O/c1-18-11-8-10(13(14)15)16-17-12(11)9-6-4-2-3-5-7-9/h2-4,6-8,13H,5H2,1H3. The zero-order valence-electron chi connectivity index (χ0n) is 9.81. The summed E-state index contributed by atoms with van der Waals surface area (Å²) in [6.45, 7) is 0. The molecule has 0 unspecified atom stereocenters. The first-order chi connectivity index (χ1) is 8.72. The number of ether oxygens (including phenoxy) is 1. The molecule has 3 nitrogen and oxygen atoms in total. The van der Waals surface area contributed by atoms with E-state index < -0.39 is 6.43 Å². The van der Waals surface area contributed by atoms with Crippen molar-refractivity contribution in [3.63, 3.8) is 0 Å². The molecule has 1 aliphatic rings. The van der Waals surface area contributed by atoms with Gasteiger partial charge in [0, 0.05) is 11.6 Å². The fraction of sp³-hybridized carbons (Fsp3) is 0.231. The molecule has 18 heavy (non-hydrogen) atoms. The Kier molecular flexibility index (Phi) is 3.82. The Labute approximate surface area is 103 Å². The number of hydrogen-bond acceptors (Lipinski definition) is 3. The van der Waals surface area contributed by atoms with E-state index in [-0.39, 0.29) is 5.69 Å². The maximum absolute atomic E-state index is 12.5. The Morgan fingerprint density at radius 3 is 2.83 bits per heavy atom. The highest BCUT2D eigenvalue weighted by Crippen LogP contribution is 2.28. The predicted octanol–water partition coefficient (Wildman–Crippen LogP) is 3.32. The van der Waals surface area contributed by atoms with E-state index in [9.17, 15) is 8.78 Å². The zero-order chi connectivity index (χ0) is 13.0. The molecule has 0 N–H and O–H groups in total. The second-order valence-corrected chi connectivity index (χ2v) is 3.67. The SMILES string of the molecule is COc1cc(C(F)F)nnc1C1=CCC=CC=C1. The maximum atomic E-state index is 12.5. The third-order valence-electron chi connectivity index (χ3n) is 2.49. The minimum Gasteiger partial charge on any atom is -0.494 e. The topological polar surface area (TPSA) is 35.0 Å². The second kappa shape index (κ2) is 5.53. The summed E-state index contributed by atoms with van der Waals surface area (Å²) in [6.07, 6.45) is 7.64. The number of rotatable bonds is 3. The summed E-state index contributed by atoms with van der Waals surface area (Å²) in [4.78, 5) is 0. The number of aromatic nitrogens is 2. The van der Waals surface area contributed by atoms with E-state index in [1.165, 1.54) is 13.2 Å². The van der Waals surface area contributed by atoms with Gasteiger partial charge in [0.1, 0.15) is 17.1 Å². The van der Waals surface area contributed by atoms with Crippen molar-refractivity contribution in [2.24, 2.45) is 0 Å². The molecule has 1 heterocycles. The van der Waals surface area contributed by atoms with Gasteiger partial charge in [-0.15, -0.1) is 10.2 Å². The number of nitrogens with zero attached hydrogens (tertiary/aromatic N) is 2. The van der Waals surface area contributed by atoms with Gasteiger partial charge < -0.3 is 4.74 Å². The van der Waals surface area contributed by atoms with Gasteiger partial charge >= 0.3 is 0 Å². The van der Waals surface area contributed by atoms with Crippen LogP contribution in [-0.4, -0.2) is 17.3 Å². The molecule has 1 aromatic rings. The molecule has 0 saturated heterocycles. The maximum Gasteiger partial charge on any atom is 0.282 e. The van der Waals surface area contributed by atoms with Gasteiger partial charge in [0.2, 0.25) is 0 Å². The summed E-state index contributed by atoms with van der Waals surface area (Å²) in [5, 5.41) is 7.35. The van der Waals surface area contributed by atoms with E-state index in [0.717, 1.165) is 12.0 Å². The molecular weight excluding hydrogens is 238 g/mol. The number of hydrogen-bond donors (Lipinski definition) is 0. The fourth-order valence-electron chi connectivity index (χ4n) is 1.61. The Hall–Kier alpha value is -2.04. The van der Waals surface area contributed by atoms with Gasteiger partial charge in [0.05, 0.1) is 7.11 Å². The molecule has 94 valence electrons. The monoisotopic (exact) mass is 250 g/mol. The van der Waals surface area contributed by atoms with Gasteiger partial charge in [0.15, 0.2) is 0 Å². The summed E-state index contributed by atoms with van der Waals surface area (Å²) in [5.74, 6) is 0.304. The molecule has 1 aromatic heterocycles. The van der Waals surface area contributed by atoms with Crippen LogP contribution in [0.5, 0.6) is 5.75 Å². The number of methoxy groups -OCH3 is 1. The van der Waals surface area contributed by atoms with Crippen molar-refractivity contribution in [2.45, 2.75) is 12.8 Å². The lowest BCUT2D eigenvalue weighted by Gasteiger charge is -2.08. The molecule has 1 aliphatic carbocycles. The van der Waals surface area contributed by atoms with E-state index in [4.69, 9.17) is 4.74 Å². The Balaban J connectivity index is 2.41. The van der Waals surface area contributed by atoms with Crippen molar-refractivity contribution >= 4 is 5.57 Å². The Bertz CT molecular complexity index is 522. The van der Waals surface area contributed by atoms with Gasteiger partial charge in [-0.2, -0.15) is 0 Å². The quantitative estimate of drug-likeness (QED) is 0.825. The summed E-state index contributed by atoms with van der Waals surface area (Å²) in [7, 11) is 1.43. The third kappa shape index (κ3) is 2.61. The molecule has 0 aromatic carbocycles. The van der Waals surface area contributed by atoms with E-state index >= 15 is 0 Å². The first-order valence-corrected chi connectivity index (χ1v) is 5.46. The minimum absolute atomic E-state index is 0.304. The molecule has 0 aliphatic heterocycles. The fourth-order valence-corrected chi connectivity index (χ4v) is 1.61. The van der Waals surface area contributed by atoms with Crippen LogP contribution in [0, 0.1) is 0 Å². The lowest BCUT2D eigenvalue weighted by molar-refractivity contribution is 0.144. The summed E-state index contributed by atoms with van der Waals surface area (Å²) in [6, 6.07) is 1.22. The first kappa shape index (κ1) is 12.4. The van der Waals surface area contributed by atoms with Gasteiger partial charge in [-0.25, -0.2) is 8.78 Å². The van der Waals surface area contributed by atoms with Gasteiger partial charge in [-0.05, 0) is 6.42 Å². The molecule has 0 atom stereocenters. The van der Waals surface area contributed by atoms with E-state index in [1.807, 2.05) is 30.4 Å². The Morgan fingerprint density at radius 1 is 1.28 bits per heavy atom. The van der Waals surface area contributed by atoms with Crippen molar-refractivity contribution in [3.8, 4) is 5.75 Å². The summed E-state index contributed by atoms with van der Waals surface area (Å²) >= 11 is 0.